The Morgan fingerprint density at radius 3 is 1.77 bits per heavy atom. The van der Waals surface area contributed by atoms with E-state index in [2.05, 4.69) is 120 Å². The molecule has 3 aromatic heterocycles. The van der Waals surface area contributed by atoms with Gasteiger partial charge in [0.25, 0.3) is 0 Å². The third-order valence-electron chi connectivity index (χ3n) is 8.37. The number of hydrogen-bond acceptors (Lipinski definition) is 3. The standard InChI is InChI=1S/C35H21N3S/c1-4-14-29-23(9-1)24-10-2-5-15-30(24)38(29)22-17-18-26-32(21-22)39-31-16-6-3-11-25(31)35(26)27-12-7-19-36-33(27)34-28(35)13-8-20-37-34/h1-21H. The summed E-state index contributed by atoms with van der Waals surface area (Å²) >= 11 is 1.86. The molecule has 0 fully saturated rings. The zero-order chi connectivity index (χ0) is 25.6. The second-order valence-corrected chi connectivity index (χ2v) is 11.3. The Balaban J connectivity index is 1.38. The van der Waals surface area contributed by atoms with Crippen LogP contribution in [0, 0.1) is 0 Å². The molecule has 3 nitrogen and oxygen atoms in total. The third-order valence-corrected chi connectivity index (χ3v) is 9.50. The summed E-state index contributed by atoms with van der Waals surface area (Å²) in [4.78, 5) is 12.2. The molecular weight excluding hydrogens is 494 g/mol. The molecule has 39 heavy (non-hydrogen) atoms. The van der Waals surface area contributed by atoms with Gasteiger partial charge < -0.3 is 4.57 Å². The van der Waals surface area contributed by atoms with Crippen molar-refractivity contribution in [1.82, 2.24) is 14.5 Å². The Labute approximate surface area is 229 Å². The Hall–Kier alpha value is -4.67. The van der Waals surface area contributed by atoms with Crippen molar-refractivity contribution in [3.05, 3.63) is 150 Å². The number of pyridine rings is 2. The summed E-state index contributed by atoms with van der Waals surface area (Å²) in [6.07, 6.45) is 3.76. The first-order valence-corrected chi connectivity index (χ1v) is 14.0. The van der Waals surface area contributed by atoms with Crippen LogP contribution in [-0.4, -0.2) is 14.5 Å². The lowest BCUT2D eigenvalue weighted by atomic mass is 9.67. The lowest BCUT2D eigenvalue weighted by Crippen LogP contribution is -2.32. The minimum atomic E-state index is -0.455. The van der Waals surface area contributed by atoms with E-state index in [0.29, 0.717) is 0 Å². The highest BCUT2D eigenvalue weighted by atomic mass is 32.2. The van der Waals surface area contributed by atoms with Crippen LogP contribution >= 0.6 is 11.8 Å². The highest BCUT2D eigenvalue weighted by molar-refractivity contribution is 7.99. The molecule has 1 aliphatic carbocycles. The maximum atomic E-state index is 4.85. The zero-order valence-corrected chi connectivity index (χ0v) is 21.7. The highest BCUT2D eigenvalue weighted by Gasteiger charge is 2.51. The van der Waals surface area contributed by atoms with Gasteiger partial charge in [-0.05, 0) is 64.7 Å². The molecule has 182 valence electrons. The number of para-hydroxylation sites is 2. The molecule has 4 heteroatoms. The molecule has 2 aliphatic rings. The molecule has 1 aliphatic heterocycles. The number of nitrogens with zero attached hydrogens (tertiary/aromatic N) is 3. The third kappa shape index (κ3) is 2.64. The quantitative estimate of drug-likeness (QED) is 0.220. The maximum absolute atomic E-state index is 4.85. The van der Waals surface area contributed by atoms with E-state index in [1.807, 2.05) is 24.2 Å². The van der Waals surface area contributed by atoms with Gasteiger partial charge in [0.15, 0.2) is 0 Å². The topological polar surface area (TPSA) is 30.7 Å². The molecule has 0 amide bonds. The lowest BCUT2D eigenvalue weighted by molar-refractivity contribution is 0.719. The first-order chi connectivity index (χ1) is 19.4. The second-order valence-electron chi connectivity index (χ2n) is 10.2. The van der Waals surface area contributed by atoms with Gasteiger partial charge in [-0.2, -0.15) is 0 Å². The van der Waals surface area contributed by atoms with Crippen LogP contribution in [0.3, 0.4) is 0 Å². The maximum Gasteiger partial charge on any atom is 0.0937 e. The second kappa shape index (κ2) is 7.68. The van der Waals surface area contributed by atoms with E-state index in [1.165, 1.54) is 59.5 Å². The van der Waals surface area contributed by atoms with Crippen molar-refractivity contribution in [3.8, 4) is 17.1 Å². The molecule has 0 N–H and O–H groups in total. The van der Waals surface area contributed by atoms with Gasteiger partial charge in [0.05, 0.1) is 27.8 Å². The van der Waals surface area contributed by atoms with Crippen LogP contribution in [0.4, 0.5) is 0 Å². The van der Waals surface area contributed by atoms with Crippen LogP contribution in [0.25, 0.3) is 38.9 Å². The average molecular weight is 516 g/mol. The molecular formula is C35H21N3S. The van der Waals surface area contributed by atoms with E-state index in [-0.39, 0.29) is 0 Å². The van der Waals surface area contributed by atoms with E-state index in [4.69, 9.17) is 9.97 Å². The van der Waals surface area contributed by atoms with Crippen LogP contribution in [0.15, 0.2) is 137 Å². The highest BCUT2D eigenvalue weighted by Crippen LogP contribution is 2.61. The summed E-state index contributed by atoms with van der Waals surface area (Å²) in [7, 11) is 0. The average Bonchev–Trinajstić information content (AvgIpc) is 3.49. The molecule has 0 atom stereocenters. The van der Waals surface area contributed by atoms with Crippen LogP contribution < -0.4 is 0 Å². The van der Waals surface area contributed by atoms with Gasteiger partial charge in [0.1, 0.15) is 0 Å². The van der Waals surface area contributed by atoms with Gasteiger partial charge in [-0.3, -0.25) is 9.97 Å². The van der Waals surface area contributed by atoms with Crippen LogP contribution in [0.2, 0.25) is 0 Å². The number of fused-ring (bicyclic) bond motifs is 12. The SMILES string of the molecule is c1ccc2c(c1)Sc1cc(-n3c4ccccc4c4ccccc43)ccc1C21c2cccnc2-c2ncccc21. The monoisotopic (exact) mass is 515 g/mol. The minimum Gasteiger partial charge on any atom is -0.309 e. The van der Waals surface area contributed by atoms with Crippen molar-refractivity contribution in [2.75, 3.05) is 0 Å². The Morgan fingerprint density at radius 2 is 1.08 bits per heavy atom. The van der Waals surface area contributed by atoms with Gasteiger partial charge in [-0.25, -0.2) is 0 Å². The molecule has 1 spiro atoms. The van der Waals surface area contributed by atoms with Gasteiger partial charge in [0, 0.05) is 38.6 Å². The van der Waals surface area contributed by atoms with Crippen molar-refractivity contribution in [2.24, 2.45) is 0 Å². The van der Waals surface area contributed by atoms with Crippen molar-refractivity contribution in [3.63, 3.8) is 0 Å². The van der Waals surface area contributed by atoms with Crippen molar-refractivity contribution >= 4 is 33.6 Å². The van der Waals surface area contributed by atoms with Crippen molar-refractivity contribution < 1.29 is 0 Å². The first kappa shape index (κ1) is 21.3. The zero-order valence-electron chi connectivity index (χ0n) is 20.9. The smallest absolute Gasteiger partial charge is 0.0937 e. The van der Waals surface area contributed by atoms with Gasteiger partial charge in [0.2, 0.25) is 0 Å². The van der Waals surface area contributed by atoms with E-state index < -0.39 is 5.41 Å². The fraction of sp³-hybridized carbons (Fsp3) is 0.0286. The number of aromatic nitrogens is 3. The molecule has 9 rings (SSSR count). The Morgan fingerprint density at radius 1 is 0.513 bits per heavy atom. The number of benzene rings is 4. The number of rotatable bonds is 1. The fourth-order valence-electron chi connectivity index (χ4n) is 6.89. The summed E-state index contributed by atoms with van der Waals surface area (Å²) < 4.78 is 2.40. The normalized spacial score (nSPS) is 14.3. The summed E-state index contributed by atoms with van der Waals surface area (Å²) in [5.74, 6) is 0. The van der Waals surface area contributed by atoms with Crippen LogP contribution in [-0.2, 0) is 5.41 Å². The van der Waals surface area contributed by atoms with E-state index in [1.54, 1.807) is 0 Å². The van der Waals surface area contributed by atoms with E-state index in [9.17, 15) is 0 Å². The summed E-state index contributed by atoms with van der Waals surface area (Å²) in [5, 5.41) is 2.55. The van der Waals surface area contributed by atoms with E-state index >= 15 is 0 Å². The van der Waals surface area contributed by atoms with Crippen molar-refractivity contribution in [2.45, 2.75) is 15.2 Å². The molecule has 0 unspecified atom stereocenters. The van der Waals surface area contributed by atoms with Gasteiger partial charge >= 0.3 is 0 Å². The number of hydrogen-bond donors (Lipinski definition) is 0. The lowest BCUT2D eigenvalue weighted by Gasteiger charge is -2.39. The Kier molecular flexibility index (Phi) is 4.19. The molecule has 0 saturated carbocycles. The Bertz CT molecular complexity index is 2020. The van der Waals surface area contributed by atoms with Gasteiger partial charge in [-0.15, -0.1) is 0 Å². The molecule has 0 bridgehead atoms. The largest absolute Gasteiger partial charge is 0.309 e. The molecule has 4 heterocycles. The molecule has 4 aromatic carbocycles. The molecule has 0 saturated heterocycles. The molecule has 0 radical (unpaired) electrons. The van der Waals surface area contributed by atoms with E-state index in [0.717, 1.165) is 11.4 Å². The summed E-state index contributed by atoms with van der Waals surface area (Å²) in [6, 6.07) is 41.8. The minimum absolute atomic E-state index is 0.455. The van der Waals surface area contributed by atoms with Crippen LogP contribution in [0.5, 0.6) is 0 Å². The predicted octanol–water partition coefficient (Wildman–Crippen LogP) is 8.40. The summed E-state index contributed by atoms with van der Waals surface area (Å²) in [5.41, 5.74) is 10.1. The van der Waals surface area contributed by atoms with Crippen LogP contribution in [0.1, 0.15) is 22.3 Å². The molecule has 7 aromatic rings. The summed E-state index contributed by atoms with van der Waals surface area (Å²) in [6.45, 7) is 0. The fourth-order valence-corrected chi connectivity index (χ4v) is 8.12. The predicted molar refractivity (Wildman–Crippen MR) is 158 cm³/mol. The van der Waals surface area contributed by atoms with Gasteiger partial charge in [-0.1, -0.05) is 84.6 Å². The first-order valence-electron chi connectivity index (χ1n) is 13.2. The van der Waals surface area contributed by atoms with Crippen molar-refractivity contribution in [1.29, 1.82) is 0 Å².